The molecular formula is C26H28N6O3. The molecule has 0 bridgehead atoms. The zero-order valence-electron chi connectivity index (χ0n) is 20.2. The first kappa shape index (κ1) is 23.7. The molecule has 2 heterocycles. The second-order valence-electron chi connectivity index (χ2n) is 8.40. The lowest BCUT2D eigenvalue weighted by atomic mass is 10.1. The van der Waals surface area contributed by atoms with Crippen molar-refractivity contribution in [2.24, 2.45) is 14.1 Å². The number of para-hydroxylation sites is 1. The van der Waals surface area contributed by atoms with Gasteiger partial charge in [-0.1, -0.05) is 30.3 Å². The summed E-state index contributed by atoms with van der Waals surface area (Å²) in [5.74, 6) is 0.199. The van der Waals surface area contributed by atoms with Gasteiger partial charge in [0.15, 0.2) is 0 Å². The molecule has 0 spiro atoms. The van der Waals surface area contributed by atoms with Gasteiger partial charge in [0.2, 0.25) is 0 Å². The molecule has 9 nitrogen and oxygen atoms in total. The number of benzene rings is 2. The number of rotatable bonds is 8. The van der Waals surface area contributed by atoms with Gasteiger partial charge in [-0.15, -0.1) is 0 Å². The highest BCUT2D eigenvalue weighted by atomic mass is 16.5. The Hall–Kier alpha value is -4.40. The van der Waals surface area contributed by atoms with Crippen LogP contribution in [0, 0.1) is 13.8 Å². The fraction of sp³-hybridized carbons (Fsp3) is 0.231. The topological polar surface area (TPSA) is 103 Å². The van der Waals surface area contributed by atoms with E-state index in [-0.39, 0.29) is 17.5 Å². The summed E-state index contributed by atoms with van der Waals surface area (Å²) in [5.41, 5.74) is 5.04. The van der Waals surface area contributed by atoms with E-state index in [0.29, 0.717) is 24.4 Å². The Kier molecular flexibility index (Phi) is 6.96. The second kappa shape index (κ2) is 10.3. The van der Waals surface area contributed by atoms with Crippen LogP contribution in [-0.4, -0.2) is 31.4 Å². The van der Waals surface area contributed by atoms with Crippen molar-refractivity contribution in [2.45, 2.75) is 27.0 Å². The lowest BCUT2D eigenvalue weighted by Crippen LogP contribution is -2.26. The third-order valence-corrected chi connectivity index (χ3v) is 5.62. The van der Waals surface area contributed by atoms with Crippen molar-refractivity contribution in [1.29, 1.82) is 0 Å². The number of nitrogens with one attached hydrogen (secondary N) is 2. The molecule has 0 aliphatic carbocycles. The van der Waals surface area contributed by atoms with Gasteiger partial charge in [0.25, 0.3) is 11.8 Å². The minimum Gasteiger partial charge on any atom is -0.488 e. The third kappa shape index (κ3) is 5.57. The molecular weight excluding hydrogens is 444 g/mol. The highest BCUT2D eigenvalue weighted by molar-refractivity contribution is 6.08. The van der Waals surface area contributed by atoms with Crippen LogP contribution in [0.5, 0.6) is 5.75 Å². The Morgan fingerprint density at radius 1 is 0.914 bits per heavy atom. The molecule has 0 aliphatic rings. The second-order valence-corrected chi connectivity index (χ2v) is 8.40. The van der Waals surface area contributed by atoms with Crippen molar-refractivity contribution >= 4 is 17.5 Å². The molecule has 9 heteroatoms. The number of carbonyl (C=O) groups is 2. The van der Waals surface area contributed by atoms with Crippen LogP contribution in [0.3, 0.4) is 0 Å². The Balaban J connectivity index is 1.38. The van der Waals surface area contributed by atoms with Gasteiger partial charge in [-0.3, -0.25) is 19.0 Å². The molecule has 0 radical (unpaired) electrons. The van der Waals surface area contributed by atoms with Crippen molar-refractivity contribution in [3.05, 3.63) is 94.6 Å². The van der Waals surface area contributed by atoms with E-state index in [1.165, 1.54) is 10.9 Å². The minimum absolute atomic E-state index is 0.265. The first-order chi connectivity index (χ1) is 16.8. The van der Waals surface area contributed by atoms with E-state index in [4.69, 9.17) is 4.74 Å². The smallest absolute Gasteiger partial charge is 0.271 e. The molecule has 0 fully saturated rings. The maximum atomic E-state index is 12.8. The van der Waals surface area contributed by atoms with Gasteiger partial charge >= 0.3 is 0 Å². The third-order valence-electron chi connectivity index (χ3n) is 5.62. The van der Waals surface area contributed by atoms with Crippen LogP contribution in [0.4, 0.5) is 5.69 Å². The number of aromatic nitrogens is 4. The van der Waals surface area contributed by atoms with Crippen LogP contribution in [-0.2, 0) is 27.2 Å². The van der Waals surface area contributed by atoms with E-state index < -0.39 is 0 Å². The standard InChI is InChI=1S/C26H28N6O3/c1-17-6-5-7-18(2)24(17)35-16-19-8-10-21(11-9-19)25(33)30-22-14-29-32(4)23(22)26(34)27-12-20-13-28-31(3)15-20/h5-11,13-15H,12,16H2,1-4H3,(H,27,34)(H,30,33). The van der Waals surface area contributed by atoms with Crippen LogP contribution in [0.2, 0.25) is 0 Å². The van der Waals surface area contributed by atoms with Gasteiger partial charge in [-0.2, -0.15) is 10.2 Å². The van der Waals surface area contributed by atoms with Gasteiger partial charge in [0, 0.05) is 38.0 Å². The van der Waals surface area contributed by atoms with Crippen LogP contribution in [0.1, 0.15) is 43.1 Å². The summed E-state index contributed by atoms with van der Waals surface area (Å²) in [7, 11) is 3.46. The van der Waals surface area contributed by atoms with E-state index in [0.717, 1.165) is 28.0 Å². The maximum Gasteiger partial charge on any atom is 0.271 e. The number of ether oxygens (including phenoxy) is 1. The van der Waals surface area contributed by atoms with E-state index in [1.807, 2.05) is 57.4 Å². The number of aryl methyl sites for hydroxylation is 4. The van der Waals surface area contributed by atoms with Crippen molar-refractivity contribution in [2.75, 3.05) is 5.32 Å². The summed E-state index contributed by atoms with van der Waals surface area (Å²) >= 11 is 0. The summed E-state index contributed by atoms with van der Waals surface area (Å²) in [6.07, 6.45) is 4.97. The first-order valence-electron chi connectivity index (χ1n) is 11.2. The molecule has 2 aromatic carbocycles. The summed E-state index contributed by atoms with van der Waals surface area (Å²) in [5, 5.41) is 13.8. The molecule has 180 valence electrons. The largest absolute Gasteiger partial charge is 0.488 e. The van der Waals surface area contributed by atoms with Crippen molar-refractivity contribution < 1.29 is 14.3 Å². The van der Waals surface area contributed by atoms with Crippen LogP contribution < -0.4 is 15.4 Å². The Labute approximate surface area is 203 Å². The van der Waals surface area contributed by atoms with Crippen molar-refractivity contribution in [1.82, 2.24) is 24.9 Å². The van der Waals surface area contributed by atoms with Gasteiger partial charge in [-0.25, -0.2) is 0 Å². The fourth-order valence-electron chi connectivity index (χ4n) is 3.76. The first-order valence-corrected chi connectivity index (χ1v) is 11.2. The van der Waals surface area contributed by atoms with E-state index in [2.05, 4.69) is 20.8 Å². The number of carbonyl (C=O) groups excluding carboxylic acids is 2. The average Bonchev–Trinajstić information content (AvgIpc) is 3.42. The zero-order valence-corrected chi connectivity index (χ0v) is 20.2. The molecule has 0 aliphatic heterocycles. The number of amides is 2. The molecule has 0 atom stereocenters. The highest BCUT2D eigenvalue weighted by Gasteiger charge is 2.19. The van der Waals surface area contributed by atoms with Gasteiger partial charge in [0.05, 0.1) is 18.1 Å². The van der Waals surface area contributed by atoms with Crippen LogP contribution in [0.25, 0.3) is 0 Å². The summed E-state index contributed by atoms with van der Waals surface area (Å²) in [6.45, 7) is 4.75. The molecule has 0 saturated carbocycles. The molecule has 35 heavy (non-hydrogen) atoms. The normalized spacial score (nSPS) is 10.7. The number of hydrogen-bond acceptors (Lipinski definition) is 5. The molecule has 2 aromatic heterocycles. The molecule has 0 saturated heterocycles. The Morgan fingerprint density at radius 2 is 1.63 bits per heavy atom. The zero-order chi connectivity index (χ0) is 24.9. The predicted molar refractivity (Wildman–Crippen MR) is 132 cm³/mol. The molecule has 2 amide bonds. The molecule has 0 unspecified atom stereocenters. The average molecular weight is 473 g/mol. The molecule has 4 aromatic rings. The predicted octanol–water partition coefficient (Wildman–Crippen LogP) is 3.53. The highest BCUT2D eigenvalue weighted by Crippen LogP contribution is 2.23. The summed E-state index contributed by atoms with van der Waals surface area (Å²) < 4.78 is 9.09. The van der Waals surface area contributed by atoms with E-state index in [9.17, 15) is 9.59 Å². The van der Waals surface area contributed by atoms with Gasteiger partial charge in [-0.05, 0) is 42.7 Å². The number of nitrogens with zero attached hydrogens (tertiary/aromatic N) is 4. The number of anilines is 1. The fourth-order valence-corrected chi connectivity index (χ4v) is 3.76. The Bertz CT molecular complexity index is 1330. The monoisotopic (exact) mass is 472 g/mol. The molecule has 2 N–H and O–H groups in total. The SMILES string of the molecule is Cc1cccc(C)c1OCc1ccc(C(=O)Nc2cnn(C)c2C(=O)NCc2cnn(C)c2)cc1. The number of hydrogen-bond donors (Lipinski definition) is 2. The van der Waals surface area contributed by atoms with Gasteiger partial charge < -0.3 is 15.4 Å². The van der Waals surface area contributed by atoms with Crippen LogP contribution in [0.15, 0.2) is 61.1 Å². The minimum atomic E-state index is -0.344. The summed E-state index contributed by atoms with van der Waals surface area (Å²) in [4.78, 5) is 25.6. The Morgan fingerprint density at radius 3 is 2.29 bits per heavy atom. The van der Waals surface area contributed by atoms with Crippen LogP contribution >= 0.6 is 0 Å². The molecule has 4 rings (SSSR count). The lowest BCUT2D eigenvalue weighted by Gasteiger charge is -2.12. The summed E-state index contributed by atoms with van der Waals surface area (Å²) in [6, 6.07) is 13.2. The van der Waals surface area contributed by atoms with Crippen molar-refractivity contribution in [3.8, 4) is 5.75 Å². The van der Waals surface area contributed by atoms with Crippen molar-refractivity contribution in [3.63, 3.8) is 0 Å². The quantitative estimate of drug-likeness (QED) is 0.408. The van der Waals surface area contributed by atoms with E-state index in [1.54, 1.807) is 30.1 Å². The maximum absolute atomic E-state index is 12.8. The van der Waals surface area contributed by atoms with Gasteiger partial charge in [0.1, 0.15) is 18.1 Å². The van der Waals surface area contributed by atoms with E-state index >= 15 is 0 Å². The lowest BCUT2D eigenvalue weighted by molar-refractivity contribution is 0.0942.